The molecule has 126 valence electrons. The van der Waals surface area contributed by atoms with Crippen molar-refractivity contribution in [1.82, 2.24) is 0 Å². The number of nitrogens with one attached hydrogen (secondary N) is 1. The number of hydrogen-bond donors (Lipinski definition) is 1. The molecule has 24 heavy (non-hydrogen) atoms. The highest BCUT2D eigenvalue weighted by Gasteiger charge is 2.10. The second kappa shape index (κ2) is 8.74. The van der Waals surface area contributed by atoms with Gasteiger partial charge in [0.15, 0.2) is 10.4 Å². The molecule has 0 unspecified atom stereocenters. The summed E-state index contributed by atoms with van der Waals surface area (Å²) in [6.45, 7) is -0.436. The molecular formula is C16H13ClINO5. The average Bonchev–Trinajstić information content (AvgIpc) is 2.97. The number of rotatable bonds is 6. The Hall–Kier alpha value is -2.00. The van der Waals surface area contributed by atoms with Gasteiger partial charge in [-0.15, -0.1) is 0 Å². The van der Waals surface area contributed by atoms with E-state index in [1.807, 2.05) is 22.6 Å². The summed E-state index contributed by atoms with van der Waals surface area (Å²) in [5, 5.41) is 3.01. The quantitative estimate of drug-likeness (QED) is 0.403. The van der Waals surface area contributed by atoms with Gasteiger partial charge in [0.25, 0.3) is 5.91 Å². The van der Waals surface area contributed by atoms with Crippen molar-refractivity contribution < 1.29 is 23.5 Å². The van der Waals surface area contributed by atoms with E-state index in [0.717, 1.165) is 0 Å². The fourth-order valence-corrected chi connectivity index (χ4v) is 2.32. The molecule has 8 heteroatoms. The fraction of sp³-hybridized carbons (Fsp3) is 0.125. The lowest BCUT2D eigenvalue weighted by Gasteiger charge is -2.10. The molecule has 0 saturated heterocycles. The zero-order valence-corrected chi connectivity index (χ0v) is 15.5. The van der Waals surface area contributed by atoms with Crippen LogP contribution in [0.5, 0.6) is 5.75 Å². The molecule has 0 aliphatic rings. The van der Waals surface area contributed by atoms with Crippen molar-refractivity contribution in [1.29, 1.82) is 0 Å². The summed E-state index contributed by atoms with van der Waals surface area (Å²) in [7, 11) is 1.47. The van der Waals surface area contributed by atoms with Gasteiger partial charge in [-0.05, 0) is 59.0 Å². The maximum Gasteiger partial charge on any atom is 0.331 e. The van der Waals surface area contributed by atoms with Crippen LogP contribution < -0.4 is 10.1 Å². The van der Waals surface area contributed by atoms with Crippen molar-refractivity contribution in [3.8, 4) is 5.75 Å². The van der Waals surface area contributed by atoms with Gasteiger partial charge in [-0.3, -0.25) is 4.79 Å². The Morgan fingerprint density at radius 2 is 2.12 bits per heavy atom. The van der Waals surface area contributed by atoms with Crippen molar-refractivity contribution in [2.75, 3.05) is 19.0 Å². The van der Waals surface area contributed by atoms with E-state index in [1.165, 1.54) is 19.3 Å². The smallest absolute Gasteiger partial charge is 0.331 e. The number of hydrogen-bond acceptors (Lipinski definition) is 5. The molecule has 0 atom stereocenters. The molecule has 2 rings (SSSR count). The van der Waals surface area contributed by atoms with Gasteiger partial charge < -0.3 is 19.2 Å². The number of halogens is 2. The highest BCUT2D eigenvalue weighted by molar-refractivity contribution is 14.1. The first-order valence-electron chi connectivity index (χ1n) is 6.71. The van der Waals surface area contributed by atoms with Crippen molar-refractivity contribution in [3.63, 3.8) is 0 Å². The number of methoxy groups -OCH3 is 1. The van der Waals surface area contributed by atoms with Gasteiger partial charge in [0.1, 0.15) is 11.5 Å². The second-order valence-corrected chi connectivity index (χ2v) is 5.98. The van der Waals surface area contributed by atoms with Gasteiger partial charge in [0.05, 0.1) is 12.8 Å². The minimum absolute atomic E-state index is 0.395. The lowest BCUT2D eigenvalue weighted by molar-refractivity contribution is -0.142. The topological polar surface area (TPSA) is 77.8 Å². The summed E-state index contributed by atoms with van der Waals surface area (Å²) in [4.78, 5) is 23.4. The van der Waals surface area contributed by atoms with Gasteiger partial charge >= 0.3 is 5.97 Å². The van der Waals surface area contributed by atoms with Gasteiger partial charge in [0, 0.05) is 11.1 Å². The molecule has 0 fully saturated rings. The summed E-state index contributed by atoms with van der Waals surface area (Å²) >= 11 is 7.89. The van der Waals surface area contributed by atoms with E-state index < -0.39 is 18.5 Å². The molecule has 0 aliphatic heterocycles. The monoisotopic (exact) mass is 461 g/mol. The lowest BCUT2D eigenvalue weighted by atomic mass is 10.3. The Bertz CT molecular complexity index is 772. The molecule has 1 aromatic carbocycles. The third kappa shape index (κ3) is 5.57. The van der Waals surface area contributed by atoms with Gasteiger partial charge in [-0.1, -0.05) is 11.6 Å². The van der Waals surface area contributed by atoms with Crippen LogP contribution in [0.4, 0.5) is 5.69 Å². The van der Waals surface area contributed by atoms with Crippen molar-refractivity contribution in [3.05, 3.63) is 51.0 Å². The summed E-state index contributed by atoms with van der Waals surface area (Å²) < 4.78 is 15.9. The number of carbonyl (C=O) groups excluding carboxylic acids is 2. The molecular weight excluding hydrogens is 449 g/mol. The number of carbonyl (C=O) groups is 2. The molecule has 0 spiro atoms. The summed E-state index contributed by atoms with van der Waals surface area (Å²) in [6, 6.07) is 8.27. The van der Waals surface area contributed by atoms with Crippen LogP contribution in [0.15, 0.2) is 40.8 Å². The molecule has 0 aliphatic carbocycles. The molecule has 0 radical (unpaired) electrons. The first kappa shape index (κ1) is 18.3. The van der Waals surface area contributed by atoms with E-state index in [-0.39, 0.29) is 0 Å². The molecule has 0 bridgehead atoms. The van der Waals surface area contributed by atoms with Gasteiger partial charge in [0.2, 0.25) is 0 Å². The van der Waals surface area contributed by atoms with E-state index in [4.69, 9.17) is 25.5 Å². The molecule has 1 amide bonds. The predicted molar refractivity (Wildman–Crippen MR) is 98.1 cm³/mol. The summed E-state index contributed by atoms with van der Waals surface area (Å²) in [5.74, 6) is -0.199. The van der Waals surface area contributed by atoms with Crippen LogP contribution in [0.25, 0.3) is 6.08 Å². The minimum Gasteiger partial charge on any atom is -0.495 e. The predicted octanol–water partition coefficient (Wildman–Crippen LogP) is 3.74. The molecule has 1 heterocycles. The average molecular weight is 462 g/mol. The molecule has 2 aromatic rings. The maximum absolute atomic E-state index is 11.8. The number of benzene rings is 1. The summed E-state index contributed by atoms with van der Waals surface area (Å²) in [6.07, 6.45) is 2.64. The standard InChI is InChI=1S/C16H13ClINO5/c1-22-13-5-2-10(17)8-12(13)19-15(20)9-23-16(21)7-4-11-3-6-14(18)24-11/h2-8H,9H2,1H3,(H,19,20)/b7-4+. The third-order valence-corrected chi connectivity index (χ3v) is 3.57. The van der Waals surface area contributed by atoms with Crippen molar-refractivity contribution in [2.24, 2.45) is 0 Å². The summed E-state index contributed by atoms with van der Waals surface area (Å²) in [5.41, 5.74) is 0.395. The van der Waals surface area contributed by atoms with Crippen LogP contribution in [-0.2, 0) is 14.3 Å². The zero-order chi connectivity index (χ0) is 17.5. The Morgan fingerprint density at radius 3 is 2.79 bits per heavy atom. The molecule has 1 aromatic heterocycles. The Labute approximate surface area is 156 Å². The van der Waals surface area contributed by atoms with Crippen molar-refractivity contribution in [2.45, 2.75) is 0 Å². The van der Waals surface area contributed by atoms with E-state index in [9.17, 15) is 9.59 Å². The molecule has 6 nitrogen and oxygen atoms in total. The Morgan fingerprint density at radius 1 is 1.33 bits per heavy atom. The SMILES string of the molecule is COc1ccc(Cl)cc1NC(=O)COC(=O)/C=C/c1ccc(I)o1. The largest absolute Gasteiger partial charge is 0.495 e. The van der Waals surface area contributed by atoms with Gasteiger partial charge in [-0.2, -0.15) is 0 Å². The van der Waals surface area contributed by atoms with Crippen LogP contribution in [0.3, 0.4) is 0 Å². The maximum atomic E-state index is 11.8. The number of ether oxygens (including phenoxy) is 2. The van der Waals surface area contributed by atoms with Crippen LogP contribution in [-0.4, -0.2) is 25.6 Å². The van der Waals surface area contributed by atoms with E-state index in [2.05, 4.69) is 5.32 Å². The van der Waals surface area contributed by atoms with Crippen LogP contribution in [0.1, 0.15) is 5.76 Å². The van der Waals surface area contributed by atoms with Crippen LogP contribution >= 0.6 is 34.2 Å². The van der Waals surface area contributed by atoms with Crippen molar-refractivity contribution >= 4 is 57.8 Å². The van der Waals surface area contributed by atoms with Gasteiger partial charge in [-0.25, -0.2) is 4.79 Å². The highest BCUT2D eigenvalue weighted by Crippen LogP contribution is 2.27. The number of amides is 1. The Balaban J connectivity index is 1.85. The van der Waals surface area contributed by atoms with Crippen LogP contribution in [0, 0.1) is 3.77 Å². The second-order valence-electron chi connectivity index (χ2n) is 4.48. The molecule has 1 N–H and O–H groups in total. The fourth-order valence-electron chi connectivity index (χ4n) is 1.72. The number of anilines is 1. The van der Waals surface area contributed by atoms with E-state index in [1.54, 1.807) is 30.3 Å². The van der Waals surface area contributed by atoms with Crippen LogP contribution in [0.2, 0.25) is 5.02 Å². The number of esters is 1. The normalized spacial score (nSPS) is 10.6. The third-order valence-electron chi connectivity index (χ3n) is 2.76. The Kier molecular flexibility index (Phi) is 6.68. The highest BCUT2D eigenvalue weighted by atomic mass is 127. The number of furan rings is 1. The van der Waals surface area contributed by atoms with E-state index >= 15 is 0 Å². The molecule has 0 saturated carbocycles. The zero-order valence-electron chi connectivity index (χ0n) is 12.5. The first-order valence-corrected chi connectivity index (χ1v) is 8.17. The first-order chi connectivity index (χ1) is 11.5. The minimum atomic E-state index is -0.658. The van der Waals surface area contributed by atoms with E-state index in [0.29, 0.717) is 26.0 Å². The lowest BCUT2D eigenvalue weighted by Crippen LogP contribution is -2.20.